The molecule has 0 radical (unpaired) electrons. The zero-order valence-electron chi connectivity index (χ0n) is 20.6. The number of unbranched alkanes of at least 4 members (excludes halogenated alkanes) is 21. The molecule has 0 amide bonds. The van der Waals surface area contributed by atoms with Crippen molar-refractivity contribution < 1.29 is 0 Å². The van der Waals surface area contributed by atoms with Crippen molar-refractivity contribution in [1.82, 2.24) is 0 Å². The predicted octanol–water partition coefficient (Wildman–Crippen LogP) is 11.4. The van der Waals surface area contributed by atoms with Crippen LogP contribution < -0.4 is 0 Å². The van der Waals surface area contributed by atoms with Gasteiger partial charge in [-0.2, -0.15) is 0 Å². The van der Waals surface area contributed by atoms with Crippen molar-refractivity contribution in [2.45, 2.75) is 180 Å². The minimum Gasteiger partial charge on any atom is -0.123 e. The molecule has 0 saturated carbocycles. The minimum absolute atomic E-state index is 0.442. The lowest BCUT2D eigenvalue weighted by Crippen LogP contribution is -1.98. The van der Waals surface area contributed by atoms with Gasteiger partial charge < -0.3 is 0 Å². The van der Waals surface area contributed by atoms with E-state index < -0.39 is 0 Å². The quantitative estimate of drug-likeness (QED) is 0.100. The smallest absolute Gasteiger partial charge is 0.0336 e. The van der Waals surface area contributed by atoms with Crippen molar-refractivity contribution in [1.29, 1.82) is 0 Å². The molecule has 0 heterocycles. The minimum atomic E-state index is 0.442. The average molecular weight is 429 g/mol. The first-order chi connectivity index (χ1) is 14.3. The maximum absolute atomic E-state index is 6.51. The Bertz CT molecular complexity index is 275. The van der Waals surface area contributed by atoms with E-state index in [2.05, 4.69) is 13.8 Å². The summed E-state index contributed by atoms with van der Waals surface area (Å²) in [6, 6.07) is 0. The second kappa shape index (κ2) is 26.3. The summed E-state index contributed by atoms with van der Waals surface area (Å²) < 4.78 is 0. The van der Waals surface area contributed by atoms with Crippen LogP contribution in [0.15, 0.2) is 0 Å². The van der Waals surface area contributed by atoms with Gasteiger partial charge in [0, 0.05) is 5.38 Å². The van der Waals surface area contributed by atoms with E-state index in [1.54, 1.807) is 0 Å². The Balaban J connectivity index is 3.10. The monoisotopic (exact) mass is 428 g/mol. The Labute approximate surface area is 191 Å². The summed E-state index contributed by atoms with van der Waals surface area (Å²) in [6.45, 7) is 4.59. The number of alkyl halides is 1. The third kappa shape index (κ3) is 26.3. The molecule has 0 bridgehead atoms. The Morgan fingerprint density at radius 2 is 0.552 bits per heavy atom. The molecule has 0 spiro atoms. The summed E-state index contributed by atoms with van der Waals surface area (Å²) in [4.78, 5) is 0. The summed E-state index contributed by atoms with van der Waals surface area (Å²) in [6.07, 6.45) is 35.4. The summed E-state index contributed by atoms with van der Waals surface area (Å²) in [7, 11) is 0. The Hall–Kier alpha value is 0.290. The number of rotatable bonds is 25. The fraction of sp³-hybridized carbons (Fsp3) is 1.00. The molecule has 29 heavy (non-hydrogen) atoms. The maximum Gasteiger partial charge on any atom is 0.0336 e. The van der Waals surface area contributed by atoms with Gasteiger partial charge in [-0.1, -0.05) is 162 Å². The van der Waals surface area contributed by atoms with Crippen LogP contribution in [-0.2, 0) is 0 Å². The highest BCUT2D eigenvalue weighted by molar-refractivity contribution is 6.20. The largest absolute Gasteiger partial charge is 0.123 e. The van der Waals surface area contributed by atoms with Crippen LogP contribution in [0, 0.1) is 0 Å². The molecule has 0 rings (SSSR count). The van der Waals surface area contributed by atoms with E-state index in [1.165, 1.54) is 161 Å². The van der Waals surface area contributed by atoms with E-state index in [4.69, 9.17) is 11.6 Å². The van der Waals surface area contributed by atoms with E-state index in [0.717, 1.165) is 0 Å². The highest BCUT2D eigenvalue weighted by Gasteiger charge is 2.04. The van der Waals surface area contributed by atoms with Gasteiger partial charge in [0.2, 0.25) is 0 Å². The molecule has 1 atom stereocenters. The fourth-order valence-electron chi connectivity index (χ4n) is 4.38. The zero-order valence-corrected chi connectivity index (χ0v) is 21.4. The Kier molecular flexibility index (Phi) is 26.6. The molecule has 0 aliphatic carbocycles. The van der Waals surface area contributed by atoms with Gasteiger partial charge in [-0.05, 0) is 12.8 Å². The molecule has 0 fully saturated rings. The zero-order chi connectivity index (χ0) is 21.3. The van der Waals surface area contributed by atoms with Gasteiger partial charge in [0.25, 0.3) is 0 Å². The van der Waals surface area contributed by atoms with Crippen LogP contribution >= 0.6 is 11.6 Å². The highest BCUT2D eigenvalue weighted by atomic mass is 35.5. The first kappa shape index (κ1) is 29.3. The molecule has 1 unspecified atom stereocenters. The molecule has 0 N–H and O–H groups in total. The van der Waals surface area contributed by atoms with Crippen LogP contribution in [0.5, 0.6) is 0 Å². The first-order valence-electron chi connectivity index (χ1n) is 13.9. The summed E-state index contributed by atoms with van der Waals surface area (Å²) >= 11 is 6.51. The van der Waals surface area contributed by atoms with Crippen LogP contribution in [0.3, 0.4) is 0 Å². The molecule has 0 nitrogen and oxygen atoms in total. The van der Waals surface area contributed by atoms with E-state index in [9.17, 15) is 0 Å². The van der Waals surface area contributed by atoms with Crippen LogP contribution in [-0.4, -0.2) is 5.38 Å². The van der Waals surface area contributed by atoms with Gasteiger partial charge in [0.15, 0.2) is 0 Å². The molecule has 0 aliphatic heterocycles. The number of halogens is 1. The summed E-state index contributed by atoms with van der Waals surface area (Å²) in [5, 5.41) is 0.442. The Morgan fingerprint density at radius 1 is 0.345 bits per heavy atom. The van der Waals surface area contributed by atoms with E-state index in [1.807, 2.05) is 0 Å². The van der Waals surface area contributed by atoms with E-state index in [0.29, 0.717) is 5.38 Å². The lowest BCUT2D eigenvalue weighted by atomic mass is 10.0. The molecule has 1 heteroatoms. The molecular weight excluding hydrogens is 372 g/mol. The lowest BCUT2D eigenvalue weighted by molar-refractivity contribution is 0.518. The van der Waals surface area contributed by atoms with Gasteiger partial charge >= 0.3 is 0 Å². The molecule has 176 valence electrons. The van der Waals surface area contributed by atoms with Gasteiger partial charge in [0.05, 0.1) is 0 Å². The van der Waals surface area contributed by atoms with Crippen molar-refractivity contribution in [3.8, 4) is 0 Å². The number of hydrogen-bond donors (Lipinski definition) is 0. The lowest BCUT2D eigenvalue weighted by Gasteiger charge is -2.09. The molecular formula is C28H57Cl. The maximum atomic E-state index is 6.51. The van der Waals surface area contributed by atoms with Gasteiger partial charge in [-0.25, -0.2) is 0 Å². The van der Waals surface area contributed by atoms with Crippen molar-refractivity contribution in [2.75, 3.05) is 0 Å². The van der Waals surface area contributed by atoms with Crippen LogP contribution in [0.4, 0.5) is 0 Å². The van der Waals surface area contributed by atoms with E-state index >= 15 is 0 Å². The standard InChI is InChI=1S/C28H57Cl/c1-3-5-7-9-11-12-13-14-15-16-17-18-19-21-23-25-27-28(29)26-24-22-20-10-8-6-4-2/h28H,3-27H2,1-2H3. The topological polar surface area (TPSA) is 0 Å². The molecule has 0 aromatic carbocycles. The second-order valence-electron chi connectivity index (χ2n) is 9.60. The first-order valence-corrected chi connectivity index (χ1v) is 14.4. The molecule has 0 aromatic rings. The molecule has 0 aromatic heterocycles. The van der Waals surface area contributed by atoms with Gasteiger partial charge in [0.1, 0.15) is 0 Å². The van der Waals surface area contributed by atoms with Crippen molar-refractivity contribution in [2.24, 2.45) is 0 Å². The summed E-state index contributed by atoms with van der Waals surface area (Å²) in [5.41, 5.74) is 0. The fourth-order valence-corrected chi connectivity index (χ4v) is 4.69. The predicted molar refractivity (Wildman–Crippen MR) is 136 cm³/mol. The molecule has 0 saturated heterocycles. The Morgan fingerprint density at radius 3 is 0.793 bits per heavy atom. The van der Waals surface area contributed by atoms with Crippen LogP contribution in [0.2, 0.25) is 0 Å². The number of hydrogen-bond acceptors (Lipinski definition) is 0. The summed E-state index contributed by atoms with van der Waals surface area (Å²) in [5.74, 6) is 0. The second-order valence-corrected chi connectivity index (χ2v) is 10.2. The highest BCUT2D eigenvalue weighted by Crippen LogP contribution is 2.19. The third-order valence-electron chi connectivity index (χ3n) is 6.49. The average Bonchev–Trinajstić information content (AvgIpc) is 2.72. The SMILES string of the molecule is CCCCCCCCCCCCCCCCCCC(Cl)CCCCCCCCC. The van der Waals surface area contributed by atoms with E-state index in [-0.39, 0.29) is 0 Å². The van der Waals surface area contributed by atoms with Crippen LogP contribution in [0.25, 0.3) is 0 Å². The molecule has 0 aliphatic rings. The van der Waals surface area contributed by atoms with Gasteiger partial charge in [-0.15, -0.1) is 11.6 Å². The van der Waals surface area contributed by atoms with Crippen molar-refractivity contribution in [3.05, 3.63) is 0 Å². The van der Waals surface area contributed by atoms with Crippen molar-refractivity contribution in [3.63, 3.8) is 0 Å². The normalized spacial score (nSPS) is 12.5. The van der Waals surface area contributed by atoms with Gasteiger partial charge in [-0.3, -0.25) is 0 Å². The third-order valence-corrected chi connectivity index (χ3v) is 6.93. The van der Waals surface area contributed by atoms with Crippen molar-refractivity contribution >= 4 is 11.6 Å². The van der Waals surface area contributed by atoms with Crippen LogP contribution in [0.1, 0.15) is 174 Å².